The minimum Gasteiger partial charge on any atom is -1.00 e. The summed E-state index contributed by atoms with van der Waals surface area (Å²) in [5, 5.41) is 0. The molecule has 16 heavy (non-hydrogen) atoms. The molecule has 0 aliphatic heterocycles. The van der Waals surface area contributed by atoms with Crippen LogP contribution in [-0.4, -0.2) is 38.5 Å². The summed E-state index contributed by atoms with van der Waals surface area (Å²) in [7, 11) is -13.7. The average Bonchev–Trinajstić information content (AvgIpc) is 1.41. The maximum Gasteiger partial charge on any atom is 1.00 e. The Morgan fingerprint density at radius 2 is 0.875 bits per heavy atom. The van der Waals surface area contributed by atoms with Gasteiger partial charge >= 0.3 is 27.4 Å². The van der Waals surface area contributed by atoms with Crippen molar-refractivity contribution < 1.29 is 63.0 Å². The minimum atomic E-state index is -6.39. The van der Waals surface area contributed by atoms with Gasteiger partial charge in [0.2, 0.25) is 0 Å². The van der Waals surface area contributed by atoms with Gasteiger partial charge in [0.25, 0.3) is 20.2 Å². The predicted molar refractivity (Wildman–Crippen MR) is 47.4 cm³/mol. The van der Waals surface area contributed by atoms with Crippen LogP contribution in [0.15, 0.2) is 0 Å². The Labute approximate surface area is 104 Å². The molecule has 0 aromatic carbocycles. The monoisotopic (exact) mass is 307 g/mol. The number of hydrogen-bond acceptors (Lipinski definition) is 4. The number of halogens is 4. The third kappa shape index (κ3) is 8330. The zero-order valence-electron chi connectivity index (χ0n) is 9.30. The Morgan fingerprint density at radius 1 is 0.875 bits per heavy atom. The Balaban J connectivity index is -0.0000000400. The molecule has 0 saturated carbocycles. The molecule has 0 radical (unpaired) electrons. The standard InChI is InChI=1S/2CH4O3S.F4P.Li.H/c3*1-5(2,3)4;;/h2*1H3,(H,2,3,4);;;/q;;2*+1;-1. The van der Waals surface area contributed by atoms with E-state index in [9.17, 15) is 33.6 Å². The van der Waals surface area contributed by atoms with Crippen LogP contribution in [0.5, 0.6) is 0 Å². The van der Waals surface area contributed by atoms with Gasteiger partial charge in [0.1, 0.15) is 0 Å². The predicted octanol–water partition coefficient (Wildman–Crippen LogP) is -1.33. The zero-order chi connectivity index (χ0) is 13.5. The van der Waals surface area contributed by atoms with Gasteiger partial charge in [0, 0.05) is 0 Å². The normalized spacial score (nSPS) is 11.0. The first-order chi connectivity index (χ1) is 6.00. The molecule has 2 N–H and O–H groups in total. The molecule has 0 amide bonds. The molecule has 0 unspecified atom stereocenters. The van der Waals surface area contributed by atoms with E-state index in [2.05, 4.69) is 0 Å². The summed E-state index contributed by atoms with van der Waals surface area (Å²) in [5.74, 6) is 0. The van der Waals surface area contributed by atoms with Crippen molar-refractivity contribution in [2.45, 2.75) is 0 Å². The molecule has 0 aliphatic carbocycles. The van der Waals surface area contributed by atoms with Gasteiger partial charge in [-0.25, -0.2) is 0 Å². The van der Waals surface area contributed by atoms with E-state index >= 15 is 0 Å². The van der Waals surface area contributed by atoms with Crippen molar-refractivity contribution in [1.82, 2.24) is 0 Å². The van der Waals surface area contributed by atoms with Gasteiger partial charge in [-0.1, -0.05) is 0 Å². The van der Waals surface area contributed by atoms with Crippen LogP contribution in [0, 0.1) is 0 Å². The Morgan fingerprint density at radius 3 is 0.875 bits per heavy atom. The van der Waals surface area contributed by atoms with Gasteiger partial charge in [-0.05, 0) is 0 Å². The zero-order valence-corrected chi connectivity index (χ0v) is 10.8. The summed E-state index contributed by atoms with van der Waals surface area (Å²) in [4.78, 5) is 0. The van der Waals surface area contributed by atoms with Crippen molar-refractivity contribution >= 4 is 28.7 Å². The van der Waals surface area contributed by atoms with Crippen LogP contribution >= 0.6 is 8.51 Å². The van der Waals surface area contributed by atoms with E-state index in [1.165, 1.54) is 0 Å². The van der Waals surface area contributed by atoms with E-state index in [1.807, 2.05) is 0 Å². The van der Waals surface area contributed by atoms with Crippen molar-refractivity contribution in [3.63, 3.8) is 0 Å². The first-order valence-electron chi connectivity index (χ1n) is 2.52. The molecule has 0 rings (SSSR count). The van der Waals surface area contributed by atoms with Gasteiger partial charge in [0.15, 0.2) is 0 Å². The van der Waals surface area contributed by atoms with Crippen molar-refractivity contribution in [2.24, 2.45) is 0 Å². The third-order valence-corrected chi connectivity index (χ3v) is 0. The van der Waals surface area contributed by atoms with Crippen molar-refractivity contribution in [2.75, 3.05) is 12.5 Å². The molecule has 0 spiro atoms. The average molecular weight is 307 g/mol. The summed E-state index contributed by atoms with van der Waals surface area (Å²) < 4.78 is 90.9. The van der Waals surface area contributed by atoms with Gasteiger partial charge in [-0.2, -0.15) is 16.8 Å². The van der Waals surface area contributed by atoms with Crippen LogP contribution in [0.4, 0.5) is 16.8 Å². The van der Waals surface area contributed by atoms with Gasteiger partial charge in [-0.15, -0.1) is 0 Å². The second-order valence-corrected chi connectivity index (χ2v) is 5.55. The largest absolute Gasteiger partial charge is 1.00 e. The van der Waals surface area contributed by atoms with Gasteiger partial charge < -0.3 is 1.43 Å². The van der Waals surface area contributed by atoms with E-state index in [4.69, 9.17) is 9.11 Å². The van der Waals surface area contributed by atoms with E-state index < -0.39 is 28.7 Å². The first-order valence-corrected chi connectivity index (χ1v) is 7.57. The van der Waals surface area contributed by atoms with Crippen molar-refractivity contribution in [3.8, 4) is 0 Å². The molecule has 0 heterocycles. The van der Waals surface area contributed by atoms with Crippen LogP contribution in [0.2, 0.25) is 0 Å². The molecule has 0 saturated heterocycles. The molecule has 0 aromatic rings. The summed E-state index contributed by atoms with van der Waals surface area (Å²) in [6.45, 7) is 0. The Hall–Kier alpha value is 0.567. The van der Waals surface area contributed by atoms with Crippen LogP contribution in [-0.2, 0) is 20.2 Å². The maximum absolute atomic E-state index is 9.80. The van der Waals surface area contributed by atoms with Gasteiger partial charge in [-0.3, -0.25) is 9.11 Å². The summed E-state index contributed by atoms with van der Waals surface area (Å²) in [6.07, 6.45) is 1.43. The molecular weight excluding hydrogens is 298 g/mol. The SMILES string of the molecule is CS(=O)(=O)O.CS(=O)(=O)O.F[P+](F)(F)F.[H-].[Li+]. The summed E-state index contributed by atoms with van der Waals surface area (Å²) >= 11 is 0. The molecule has 0 atom stereocenters. The van der Waals surface area contributed by atoms with E-state index in [1.54, 1.807) is 0 Å². The van der Waals surface area contributed by atoms with Crippen molar-refractivity contribution in [1.29, 1.82) is 0 Å². The van der Waals surface area contributed by atoms with E-state index in [0.29, 0.717) is 12.5 Å². The summed E-state index contributed by atoms with van der Waals surface area (Å²) in [5.41, 5.74) is 0. The van der Waals surface area contributed by atoms with Gasteiger partial charge in [0.05, 0.1) is 29.3 Å². The van der Waals surface area contributed by atoms with Crippen LogP contribution in [0.3, 0.4) is 0 Å². The number of hydrogen-bond donors (Lipinski definition) is 2. The smallest absolute Gasteiger partial charge is 1.00 e. The van der Waals surface area contributed by atoms with Crippen LogP contribution in [0.25, 0.3) is 0 Å². The maximum atomic E-state index is 9.80. The Bertz CT molecular complexity index is 301. The number of rotatable bonds is 0. The van der Waals surface area contributed by atoms with E-state index in [-0.39, 0.29) is 20.3 Å². The molecule has 6 nitrogen and oxygen atoms in total. The van der Waals surface area contributed by atoms with Crippen LogP contribution < -0.4 is 18.9 Å². The Kier molecular flexibility index (Phi) is 15.2. The van der Waals surface area contributed by atoms with Crippen LogP contribution in [0.1, 0.15) is 1.43 Å². The fourth-order valence-electron chi connectivity index (χ4n) is 0. The second-order valence-electron chi connectivity index (χ2n) is 1.85. The quantitative estimate of drug-likeness (QED) is 0.248. The van der Waals surface area contributed by atoms with E-state index in [0.717, 1.165) is 0 Å². The minimum absolute atomic E-state index is 0. The second kappa shape index (κ2) is 9.58. The molecule has 0 aliphatic rings. The molecule has 0 fully saturated rings. The molecule has 14 heteroatoms. The molecule has 0 bridgehead atoms. The fourth-order valence-corrected chi connectivity index (χ4v) is 0. The topological polar surface area (TPSA) is 109 Å². The molecule has 0 aromatic heterocycles. The fraction of sp³-hybridized carbons (Fsp3) is 1.00. The molecular formula is C2H9F4LiO6PS2+. The first kappa shape index (κ1) is 25.4. The van der Waals surface area contributed by atoms with Crippen molar-refractivity contribution in [3.05, 3.63) is 0 Å². The molecule has 98 valence electrons. The summed E-state index contributed by atoms with van der Waals surface area (Å²) in [6, 6.07) is 0. The third-order valence-electron chi connectivity index (χ3n) is 0.